The molecule has 0 atom stereocenters. The van der Waals surface area contributed by atoms with Gasteiger partial charge in [0.05, 0.1) is 5.75 Å². The Balaban J connectivity index is 2.09. The number of fused-ring (bicyclic) bond motifs is 1. The number of aliphatic carboxylic acids is 1. The first kappa shape index (κ1) is 16.4. The van der Waals surface area contributed by atoms with Crippen LogP contribution in [-0.4, -0.2) is 35.0 Å². The first-order valence-electron chi connectivity index (χ1n) is 6.99. The molecule has 6 heteroatoms. The van der Waals surface area contributed by atoms with Crippen LogP contribution in [0.15, 0.2) is 16.5 Å². The highest BCUT2D eigenvalue weighted by Gasteiger charge is 2.19. The van der Waals surface area contributed by atoms with Gasteiger partial charge in [0.25, 0.3) is 5.91 Å². The van der Waals surface area contributed by atoms with E-state index in [1.165, 1.54) is 11.8 Å². The summed E-state index contributed by atoms with van der Waals surface area (Å²) in [5.41, 5.74) is 3.67. The Morgan fingerprint density at radius 3 is 2.55 bits per heavy atom. The van der Waals surface area contributed by atoms with Gasteiger partial charge in [-0.1, -0.05) is 12.1 Å². The van der Waals surface area contributed by atoms with E-state index >= 15 is 0 Å². The molecule has 118 valence electrons. The SMILES string of the molecule is Cc1ccc(C)c2c(C)c(C(=O)NCCSCC(=O)O)oc12. The number of thioether (sulfide) groups is 1. The van der Waals surface area contributed by atoms with Crippen LogP contribution in [0, 0.1) is 20.8 Å². The number of nitrogens with one attached hydrogen (secondary N) is 1. The van der Waals surface area contributed by atoms with Gasteiger partial charge in [0.1, 0.15) is 5.58 Å². The lowest BCUT2D eigenvalue weighted by atomic mass is 10.0. The molecule has 0 aliphatic heterocycles. The summed E-state index contributed by atoms with van der Waals surface area (Å²) >= 11 is 1.27. The van der Waals surface area contributed by atoms with E-state index in [1.807, 2.05) is 32.9 Å². The van der Waals surface area contributed by atoms with Gasteiger partial charge in [0.2, 0.25) is 0 Å². The Bertz CT molecular complexity index is 720. The number of aryl methyl sites for hydroxylation is 3. The summed E-state index contributed by atoms with van der Waals surface area (Å²) in [6.45, 7) is 6.24. The van der Waals surface area contributed by atoms with Crippen molar-refractivity contribution in [2.75, 3.05) is 18.1 Å². The lowest BCUT2D eigenvalue weighted by Crippen LogP contribution is -2.26. The van der Waals surface area contributed by atoms with Gasteiger partial charge in [-0.25, -0.2) is 0 Å². The number of carboxylic acid groups (broad SMARTS) is 1. The van der Waals surface area contributed by atoms with Crippen molar-refractivity contribution in [2.45, 2.75) is 20.8 Å². The van der Waals surface area contributed by atoms with Crippen LogP contribution in [0.4, 0.5) is 0 Å². The van der Waals surface area contributed by atoms with E-state index in [2.05, 4.69) is 5.32 Å². The predicted octanol–water partition coefficient (Wildman–Crippen LogP) is 2.91. The van der Waals surface area contributed by atoms with E-state index in [1.54, 1.807) is 0 Å². The maximum absolute atomic E-state index is 12.2. The minimum atomic E-state index is -0.851. The summed E-state index contributed by atoms with van der Waals surface area (Å²) in [5, 5.41) is 12.3. The second kappa shape index (κ2) is 6.87. The van der Waals surface area contributed by atoms with Crippen LogP contribution < -0.4 is 5.32 Å². The minimum absolute atomic E-state index is 0.0396. The molecule has 0 aliphatic rings. The number of hydrogen-bond donors (Lipinski definition) is 2. The summed E-state index contributed by atoms with van der Waals surface area (Å²) < 4.78 is 5.75. The number of rotatable bonds is 6. The molecule has 1 heterocycles. The smallest absolute Gasteiger partial charge is 0.313 e. The molecule has 0 bridgehead atoms. The zero-order valence-corrected chi connectivity index (χ0v) is 13.7. The number of carbonyl (C=O) groups is 2. The number of amides is 1. The lowest BCUT2D eigenvalue weighted by Gasteiger charge is -2.03. The second-order valence-electron chi connectivity index (χ2n) is 5.16. The molecule has 0 saturated heterocycles. The Morgan fingerprint density at radius 2 is 1.91 bits per heavy atom. The highest BCUT2D eigenvalue weighted by molar-refractivity contribution is 7.99. The molecule has 1 aromatic heterocycles. The van der Waals surface area contributed by atoms with Crippen molar-refractivity contribution in [1.82, 2.24) is 5.32 Å². The maximum Gasteiger partial charge on any atom is 0.313 e. The Hall–Kier alpha value is -1.95. The molecule has 5 nitrogen and oxygen atoms in total. The first-order valence-corrected chi connectivity index (χ1v) is 8.14. The molecule has 0 spiro atoms. The first-order chi connectivity index (χ1) is 10.4. The van der Waals surface area contributed by atoms with Crippen LogP contribution in [0.3, 0.4) is 0 Å². The molecule has 0 saturated carbocycles. The standard InChI is InChI=1S/C16H19NO4S/c1-9-4-5-10(2)14-13(9)11(3)15(21-14)16(20)17-6-7-22-8-12(18)19/h4-5H,6-8H2,1-3H3,(H,17,20)(H,18,19). The van der Waals surface area contributed by atoms with Gasteiger partial charge in [-0.05, 0) is 31.9 Å². The number of furan rings is 1. The van der Waals surface area contributed by atoms with Crippen LogP contribution in [0.25, 0.3) is 11.0 Å². The summed E-state index contributed by atoms with van der Waals surface area (Å²) in [7, 11) is 0. The molecular weight excluding hydrogens is 302 g/mol. The van der Waals surface area contributed by atoms with E-state index in [-0.39, 0.29) is 11.7 Å². The van der Waals surface area contributed by atoms with Crippen LogP contribution >= 0.6 is 11.8 Å². The zero-order chi connectivity index (χ0) is 16.3. The molecular formula is C16H19NO4S. The average Bonchev–Trinajstić information content (AvgIpc) is 2.81. The third-order valence-electron chi connectivity index (χ3n) is 3.45. The van der Waals surface area contributed by atoms with Gasteiger partial charge in [-0.15, -0.1) is 11.8 Å². The lowest BCUT2D eigenvalue weighted by molar-refractivity contribution is -0.133. The van der Waals surface area contributed by atoms with Gasteiger partial charge in [-0.2, -0.15) is 0 Å². The van der Waals surface area contributed by atoms with Crippen molar-refractivity contribution in [2.24, 2.45) is 0 Å². The Labute approximate surface area is 133 Å². The normalized spacial score (nSPS) is 10.9. The fourth-order valence-corrected chi connectivity index (χ4v) is 2.93. The number of carbonyl (C=O) groups excluding carboxylic acids is 1. The van der Waals surface area contributed by atoms with Crippen LogP contribution in [-0.2, 0) is 4.79 Å². The van der Waals surface area contributed by atoms with E-state index in [0.717, 1.165) is 27.7 Å². The largest absolute Gasteiger partial charge is 0.481 e. The second-order valence-corrected chi connectivity index (χ2v) is 6.27. The van der Waals surface area contributed by atoms with Crippen molar-refractivity contribution in [3.8, 4) is 0 Å². The summed E-state index contributed by atoms with van der Waals surface area (Å²) in [4.78, 5) is 22.6. The molecule has 1 aromatic carbocycles. The molecule has 0 aliphatic carbocycles. The van der Waals surface area contributed by atoms with Gasteiger partial charge < -0.3 is 14.8 Å². The molecule has 0 radical (unpaired) electrons. The van der Waals surface area contributed by atoms with E-state index in [9.17, 15) is 9.59 Å². The topological polar surface area (TPSA) is 79.5 Å². The minimum Gasteiger partial charge on any atom is -0.481 e. The van der Waals surface area contributed by atoms with E-state index in [4.69, 9.17) is 9.52 Å². The summed E-state index contributed by atoms with van der Waals surface area (Å²) in [6.07, 6.45) is 0. The molecule has 1 amide bonds. The maximum atomic E-state index is 12.2. The molecule has 22 heavy (non-hydrogen) atoms. The molecule has 2 aromatic rings. The quantitative estimate of drug-likeness (QED) is 0.800. The van der Waals surface area contributed by atoms with Crippen molar-refractivity contribution >= 4 is 34.6 Å². The summed E-state index contributed by atoms with van der Waals surface area (Å²) in [6, 6.07) is 4.00. The molecule has 2 N–H and O–H groups in total. The van der Waals surface area contributed by atoms with Crippen molar-refractivity contribution < 1.29 is 19.1 Å². The molecule has 2 rings (SSSR count). The third kappa shape index (κ3) is 3.44. The third-order valence-corrected chi connectivity index (χ3v) is 4.39. The highest BCUT2D eigenvalue weighted by Crippen LogP contribution is 2.30. The van der Waals surface area contributed by atoms with Crippen molar-refractivity contribution in [3.63, 3.8) is 0 Å². The van der Waals surface area contributed by atoms with Gasteiger partial charge >= 0.3 is 5.97 Å². The average molecular weight is 321 g/mol. The van der Waals surface area contributed by atoms with Gasteiger partial charge in [-0.3, -0.25) is 9.59 Å². The number of carboxylic acids is 1. The molecule has 0 fully saturated rings. The highest BCUT2D eigenvalue weighted by atomic mass is 32.2. The monoisotopic (exact) mass is 321 g/mol. The fourth-order valence-electron chi connectivity index (χ4n) is 2.37. The predicted molar refractivity (Wildman–Crippen MR) is 87.7 cm³/mol. The molecule has 0 unspecified atom stereocenters. The van der Waals surface area contributed by atoms with Crippen LogP contribution in [0.5, 0.6) is 0 Å². The van der Waals surface area contributed by atoms with Crippen molar-refractivity contribution in [3.05, 3.63) is 34.6 Å². The number of benzene rings is 1. The van der Waals surface area contributed by atoms with E-state index in [0.29, 0.717) is 18.1 Å². The Morgan fingerprint density at radius 1 is 1.23 bits per heavy atom. The van der Waals surface area contributed by atoms with Crippen LogP contribution in [0.2, 0.25) is 0 Å². The fraction of sp³-hybridized carbons (Fsp3) is 0.375. The van der Waals surface area contributed by atoms with Gasteiger partial charge in [0, 0.05) is 23.2 Å². The Kier molecular flexibility index (Phi) is 5.13. The van der Waals surface area contributed by atoms with E-state index < -0.39 is 5.97 Å². The van der Waals surface area contributed by atoms with Gasteiger partial charge in [0.15, 0.2) is 5.76 Å². The summed E-state index contributed by atoms with van der Waals surface area (Å²) in [5.74, 6) is -0.192. The van der Waals surface area contributed by atoms with Crippen LogP contribution in [0.1, 0.15) is 27.2 Å². The zero-order valence-electron chi connectivity index (χ0n) is 12.9. The number of hydrogen-bond acceptors (Lipinski definition) is 4. The van der Waals surface area contributed by atoms with Crippen molar-refractivity contribution in [1.29, 1.82) is 0 Å².